The van der Waals surface area contributed by atoms with Gasteiger partial charge in [0.25, 0.3) is 0 Å². The van der Waals surface area contributed by atoms with Crippen LogP contribution in [0.15, 0.2) is 0 Å². The Kier molecular flexibility index (Phi) is 5.54. The van der Waals surface area contributed by atoms with Crippen molar-refractivity contribution in [3.05, 3.63) is 11.3 Å². The fraction of sp³-hybridized carbons (Fsp3) is 0.615. The van der Waals surface area contributed by atoms with Crippen LogP contribution in [0.5, 0.6) is 0 Å². The topological polar surface area (TPSA) is 92.9 Å². The maximum atomic E-state index is 11.4. The quantitative estimate of drug-likeness (QED) is 0.670. The molecule has 4 N–H and O–H groups in total. The van der Waals surface area contributed by atoms with E-state index < -0.39 is 0 Å². The van der Waals surface area contributed by atoms with E-state index in [0.717, 1.165) is 23.5 Å². The van der Waals surface area contributed by atoms with Gasteiger partial charge < -0.3 is 16.4 Å². The van der Waals surface area contributed by atoms with Gasteiger partial charge in [0, 0.05) is 24.6 Å². The molecule has 1 aromatic rings. The van der Waals surface area contributed by atoms with E-state index in [1.807, 2.05) is 27.7 Å². The Morgan fingerprint density at radius 3 is 2.58 bits per heavy atom. The Labute approximate surface area is 114 Å². The van der Waals surface area contributed by atoms with Gasteiger partial charge >= 0.3 is 0 Å². The third kappa shape index (κ3) is 4.39. The maximum Gasteiger partial charge on any atom is 0.222 e. The molecule has 0 unspecified atom stereocenters. The molecule has 1 rings (SSSR count). The lowest BCUT2D eigenvalue weighted by atomic mass is 10.2. The van der Waals surface area contributed by atoms with E-state index in [1.54, 1.807) is 0 Å². The Balaban J connectivity index is 2.54. The fourth-order valence-electron chi connectivity index (χ4n) is 1.67. The van der Waals surface area contributed by atoms with Crippen molar-refractivity contribution in [1.29, 1.82) is 0 Å². The van der Waals surface area contributed by atoms with E-state index in [1.165, 1.54) is 0 Å². The number of nitrogen functional groups attached to an aromatic ring is 1. The van der Waals surface area contributed by atoms with Crippen LogP contribution in [0.4, 0.5) is 11.8 Å². The minimum atomic E-state index is 0.00289. The highest BCUT2D eigenvalue weighted by atomic mass is 16.1. The number of anilines is 2. The average Bonchev–Trinajstić information content (AvgIpc) is 2.37. The highest BCUT2D eigenvalue weighted by molar-refractivity contribution is 5.77. The number of aromatic nitrogens is 2. The van der Waals surface area contributed by atoms with Gasteiger partial charge in [-0.05, 0) is 13.3 Å². The normalized spacial score (nSPS) is 10.6. The molecule has 0 atom stereocenters. The van der Waals surface area contributed by atoms with Crippen LogP contribution in [-0.4, -0.2) is 29.0 Å². The first kappa shape index (κ1) is 15.2. The molecule has 0 saturated heterocycles. The number of amides is 1. The molecule has 19 heavy (non-hydrogen) atoms. The van der Waals surface area contributed by atoms with E-state index in [0.29, 0.717) is 13.1 Å². The third-order valence-electron chi connectivity index (χ3n) is 2.84. The monoisotopic (exact) mass is 265 g/mol. The van der Waals surface area contributed by atoms with E-state index in [9.17, 15) is 4.79 Å². The van der Waals surface area contributed by atoms with Crippen LogP contribution in [0, 0.1) is 12.8 Å². The molecule has 1 aromatic heterocycles. The molecule has 0 aromatic carbocycles. The summed E-state index contributed by atoms with van der Waals surface area (Å²) in [7, 11) is 0. The third-order valence-corrected chi connectivity index (χ3v) is 2.84. The van der Waals surface area contributed by atoms with E-state index in [2.05, 4.69) is 20.6 Å². The van der Waals surface area contributed by atoms with Crippen LogP contribution in [0.3, 0.4) is 0 Å². The summed E-state index contributed by atoms with van der Waals surface area (Å²) >= 11 is 0. The van der Waals surface area contributed by atoms with Crippen molar-refractivity contribution >= 4 is 17.7 Å². The molecule has 0 aliphatic rings. The zero-order chi connectivity index (χ0) is 14.4. The number of hydrogen-bond acceptors (Lipinski definition) is 5. The van der Waals surface area contributed by atoms with Crippen LogP contribution in [-0.2, 0) is 11.2 Å². The van der Waals surface area contributed by atoms with Gasteiger partial charge in [-0.25, -0.2) is 4.98 Å². The van der Waals surface area contributed by atoms with Crippen molar-refractivity contribution in [2.75, 3.05) is 24.1 Å². The molecule has 0 fully saturated rings. The molecule has 0 saturated carbocycles. The Bertz CT molecular complexity index is 445. The number of hydrogen-bond donors (Lipinski definition) is 3. The first-order valence-corrected chi connectivity index (χ1v) is 6.60. The average molecular weight is 265 g/mol. The minimum absolute atomic E-state index is 0.00289. The predicted octanol–water partition coefficient (Wildman–Crippen LogP) is 1.11. The number of carbonyl (C=O) groups excluding carboxylic acids is 1. The summed E-state index contributed by atoms with van der Waals surface area (Å²) in [4.78, 5) is 19.8. The van der Waals surface area contributed by atoms with Crippen LogP contribution in [0.2, 0.25) is 0 Å². The lowest BCUT2D eigenvalue weighted by Gasteiger charge is -2.13. The number of nitrogens with one attached hydrogen (secondary N) is 2. The molecule has 0 spiro atoms. The van der Waals surface area contributed by atoms with E-state index >= 15 is 0 Å². The summed E-state index contributed by atoms with van der Waals surface area (Å²) in [6.45, 7) is 8.90. The predicted molar refractivity (Wildman–Crippen MR) is 76.9 cm³/mol. The summed E-state index contributed by atoms with van der Waals surface area (Å²) in [5.41, 5.74) is 7.62. The zero-order valence-electron chi connectivity index (χ0n) is 12.1. The van der Waals surface area contributed by atoms with Gasteiger partial charge in [-0.3, -0.25) is 4.79 Å². The summed E-state index contributed by atoms with van der Waals surface area (Å²) in [5.74, 6) is 1.07. The van der Waals surface area contributed by atoms with Gasteiger partial charge in [0.05, 0.1) is 5.69 Å². The molecule has 1 amide bonds. The van der Waals surface area contributed by atoms with Crippen LogP contribution >= 0.6 is 0 Å². The van der Waals surface area contributed by atoms with Gasteiger partial charge in [0.2, 0.25) is 11.9 Å². The summed E-state index contributed by atoms with van der Waals surface area (Å²) in [6, 6.07) is 0. The molecule has 6 nitrogen and oxygen atoms in total. The molecule has 1 heterocycles. The number of rotatable bonds is 6. The first-order valence-electron chi connectivity index (χ1n) is 6.60. The van der Waals surface area contributed by atoms with Gasteiger partial charge in [-0.15, -0.1) is 0 Å². The summed E-state index contributed by atoms with van der Waals surface area (Å²) in [6.07, 6.45) is 0.817. The molecule has 106 valence electrons. The second-order valence-electron chi connectivity index (χ2n) is 4.73. The van der Waals surface area contributed by atoms with Crippen LogP contribution in [0.1, 0.15) is 32.0 Å². The molecule has 6 heteroatoms. The van der Waals surface area contributed by atoms with E-state index in [-0.39, 0.29) is 17.8 Å². The molecule has 0 bridgehead atoms. The Hall–Kier alpha value is -1.85. The smallest absolute Gasteiger partial charge is 0.222 e. The van der Waals surface area contributed by atoms with Crippen molar-refractivity contribution in [2.24, 2.45) is 5.92 Å². The molecule has 0 radical (unpaired) electrons. The SMILES string of the molecule is CCc1nc(N)nc(NCCNC(=O)C(C)C)c1C. The first-order chi connectivity index (χ1) is 8.95. The highest BCUT2D eigenvalue weighted by Gasteiger charge is 2.08. The van der Waals surface area contributed by atoms with E-state index in [4.69, 9.17) is 5.73 Å². The van der Waals surface area contributed by atoms with Gasteiger partial charge in [-0.1, -0.05) is 20.8 Å². The molecule has 0 aliphatic carbocycles. The summed E-state index contributed by atoms with van der Waals surface area (Å²) < 4.78 is 0. The van der Waals surface area contributed by atoms with Gasteiger partial charge in [-0.2, -0.15) is 4.98 Å². The highest BCUT2D eigenvalue weighted by Crippen LogP contribution is 2.16. The largest absolute Gasteiger partial charge is 0.368 e. The number of carbonyl (C=O) groups is 1. The second kappa shape index (κ2) is 6.92. The maximum absolute atomic E-state index is 11.4. The zero-order valence-corrected chi connectivity index (χ0v) is 12.1. The Morgan fingerprint density at radius 2 is 2.00 bits per heavy atom. The minimum Gasteiger partial charge on any atom is -0.368 e. The molecular weight excluding hydrogens is 242 g/mol. The van der Waals surface area contributed by atoms with Gasteiger partial charge in [0.1, 0.15) is 5.82 Å². The molecule has 0 aliphatic heterocycles. The number of aryl methyl sites for hydroxylation is 1. The standard InChI is InChI=1S/C13H23N5O/c1-5-10-9(4)11(18-13(14)17-10)15-6-7-16-12(19)8(2)3/h8H,5-7H2,1-4H3,(H,16,19)(H3,14,15,17,18). The van der Waals surface area contributed by atoms with Crippen LogP contribution in [0.25, 0.3) is 0 Å². The lowest BCUT2D eigenvalue weighted by Crippen LogP contribution is -2.32. The van der Waals surface area contributed by atoms with Crippen molar-refractivity contribution in [2.45, 2.75) is 34.1 Å². The van der Waals surface area contributed by atoms with Crippen molar-refractivity contribution in [1.82, 2.24) is 15.3 Å². The van der Waals surface area contributed by atoms with Crippen LogP contribution < -0.4 is 16.4 Å². The van der Waals surface area contributed by atoms with Gasteiger partial charge in [0.15, 0.2) is 0 Å². The number of nitrogens with two attached hydrogens (primary N) is 1. The van der Waals surface area contributed by atoms with Crippen molar-refractivity contribution in [3.8, 4) is 0 Å². The fourth-order valence-corrected chi connectivity index (χ4v) is 1.67. The van der Waals surface area contributed by atoms with Crippen molar-refractivity contribution < 1.29 is 4.79 Å². The molecular formula is C13H23N5O. The van der Waals surface area contributed by atoms with Crippen molar-refractivity contribution in [3.63, 3.8) is 0 Å². The lowest BCUT2D eigenvalue weighted by molar-refractivity contribution is -0.123. The second-order valence-corrected chi connectivity index (χ2v) is 4.73. The number of nitrogens with zero attached hydrogens (tertiary/aromatic N) is 2. The Morgan fingerprint density at radius 1 is 1.32 bits per heavy atom. The summed E-state index contributed by atoms with van der Waals surface area (Å²) in [5, 5.41) is 6.02.